The van der Waals surface area contributed by atoms with Crippen molar-refractivity contribution in [2.45, 2.75) is 19.4 Å². The summed E-state index contributed by atoms with van der Waals surface area (Å²) in [6, 6.07) is 8.06. The lowest BCUT2D eigenvalue weighted by Crippen LogP contribution is -2.47. The monoisotopic (exact) mass is 367 g/mol. The molecule has 0 aliphatic carbocycles. The molecule has 0 saturated carbocycles. The molecule has 1 fully saturated rings. The number of amides is 2. The van der Waals surface area contributed by atoms with Gasteiger partial charge in [0.2, 0.25) is 11.8 Å². The van der Waals surface area contributed by atoms with Crippen LogP contribution in [-0.4, -0.2) is 48.3 Å². The largest absolute Gasteiger partial charge is 0.369 e. The van der Waals surface area contributed by atoms with Gasteiger partial charge in [-0.2, -0.15) is 0 Å². The summed E-state index contributed by atoms with van der Waals surface area (Å²) >= 11 is 3.41. The highest BCUT2D eigenvalue weighted by atomic mass is 79.9. The molecule has 1 unspecified atom stereocenters. The third-order valence-electron chi connectivity index (χ3n) is 3.95. The first-order chi connectivity index (χ1) is 10.5. The van der Waals surface area contributed by atoms with Crippen LogP contribution in [0.2, 0.25) is 0 Å². The van der Waals surface area contributed by atoms with Gasteiger partial charge in [0.05, 0.1) is 12.5 Å². The van der Waals surface area contributed by atoms with E-state index >= 15 is 0 Å². The van der Waals surface area contributed by atoms with Crippen LogP contribution in [0.4, 0.5) is 0 Å². The second-order valence-electron chi connectivity index (χ2n) is 5.88. The lowest BCUT2D eigenvalue weighted by Gasteiger charge is -2.32. The summed E-state index contributed by atoms with van der Waals surface area (Å²) in [4.78, 5) is 27.4. The molecular formula is C16H22BrN3O2. The summed E-state index contributed by atoms with van der Waals surface area (Å²) in [7, 11) is 1.93. The van der Waals surface area contributed by atoms with Gasteiger partial charge in [-0.1, -0.05) is 28.1 Å². The molecule has 2 rings (SSSR count). The Balaban J connectivity index is 1.85. The van der Waals surface area contributed by atoms with Crippen LogP contribution in [0.5, 0.6) is 0 Å². The second-order valence-corrected chi connectivity index (χ2v) is 6.80. The van der Waals surface area contributed by atoms with Crippen molar-refractivity contribution in [1.29, 1.82) is 0 Å². The fourth-order valence-corrected chi connectivity index (χ4v) is 2.99. The van der Waals surface area contributed by atoms with E-state index in [0.717, 1.165) is 29.4 Å². The molecule has 2 amide bonds. The van der Waals surface area contributed by atoms with E-state index in [1.165, 1.54) is 0 Å². The molecule has 1 aliphatic heterocycles. The number of likely N-dealkylation sites (tertiary alicyclic amines) is 1. The van der Waals surface area contributed by atoms with Crippen molar-refractivity contribution in [2.75, 3.05) is 26.7 Å². The molecule has 0 radical (unpaired) electrons. The van der Waals surface area contributed by atoms with E-state index in [-0.39, 0.29) is 17.7 Å². The van der Waals surface area contributed by atoms with Crippen molar-refractivity contribution in [3.63, 3.8) is 0 Å². The van der Waals surface area contributed by atoms with Crippen LogP contribution in [0.1, 0.15) is 18.4 Å². The van der Waals surface area contributed by atoms with Gasteiger partial charge in [0, 0.05) is 24.1 Å². The van der Waals surface area contributed by atoms with E-state index in [4.69, 9.17) is 5.73 Å². The van der Waals surface area contributed by atoms with Gasteiger partial charge in [-0.05, 0) is 37.6 Å². The Morgan fingerprint density at radius 1 is 1.36 bits per heavy atom. The molecule has 1 atom stereocenters. The molecule has 1 aromatic carbocycles. The predicted molar refractivity (Wildman–Crippen MR) is 89.0 cm³/mol. The molecule has 1 aliphatic rings. The number of halogens is 1. The van der Waals surface area contributed by atoms with Crippen LogP contribution < -0.4 is 5.73 Å². The molecule has 6 heteroatoms. The first kappa shape index (κ1) is 17.0. The third kappa shape index (κ3) is 4.81. The Hall–Kier alpha value is -1.40. The van der Waals surface area contributed by atoms with Crippen LogP contribution in [0.25, 0.3) is 0 Å². The van der Waals surface area contributed by atoms with Crippen molar-refractivity contribution in [2.24, 2.45) is 11.7 Å². The van der Waals surface area contributed by atoms with E-state index in [1.54, 1.807) is 4.90 Å². The smallest absolute Gasteiger partial charge is 0.236 e. The topological polar surface area (TPSA) is 66.6 Å². The second kappa shape index (κ2) is 7.74. The Morgan fingerprint density at radius 3 is 2.68 bits per heavy atom. The molecular weight excluding hydrogens is 346 g/mol. The predicted octanol–water partition coefficient (Wildman–Crippen LogP) is 1.60. The highest BCUT2D eigenvalue weighted by molar-refractivity contribution is 9.10. The highest BCUT2D eigenvalue weighted by Gasteiger charge is 2.27. The fraction of sp³-hybridized carbons (Fsp3) is 0.500. The number of hydrogen-bond acceptors (Lipinski definition) is 3. The Kier molecular flexibility index (Phi) is 5.97. The number of hydrogen-bond donors (Lipinski definition) is 1. The molecule has 2 N–H and O–H groups in total. The Morgan fingerprint density at radius 2 is 2.05 bits per heavy atom. The molecule has 1 heterocycles. The van der Waals surface area contributed by atoms with E-state index in [0.29, 0.717) is 19.6 Å². The van der Waals surface area contributed by atoms with E-state index in [9.17, 15) is 9.59 Å². The zero-order valence-electron chi connectivity index (χ0n) is 12.8. The molecule has 1 saturated heterocycles. The van der Waals surface area contributed by atoms with Crippen LogP contribution in [-0.2, 0) is 16.1 Å². The molecule has 22 heavy (non-hydrogen) atoms. The van der Waals surface area contributed by atoms with E-state index in [1.807, 2.05) is 36.2 Å². The van der Waals surface area contributed by atoms with E-state index < -0.39 is 0 Å². The minimum atomic E-state index is -0.305. The number of carbonyl (C=O) groups excluding carboxylic acids is 2. The first-order valence-corrected chi connectivity index (χ1v) is 8.25. The SMILES string of the molecule is CN(CC(=O)N1CCCC(C(N)=O)C1)Cc1ccc(Br)cc1. The summed E-state index contributed by atoms with van der Waals surface area (Å²) in [5, 5.41) is 0. The number of piperidine rings is 1. The average Bonchev–Trinajstić information content (AvgIpc) is 2.49. The standard InChI is InChI=1S/C16H22BrN3O2/c1-19(9-12-4-6-14(17)7-5-12)11-15(21)20-8-2-3-13(10-20)16(18)22/h4-7,13H,2-3,8-11H2,1H3,(H2,18,22). The zero-order chi connectivity index (χ0) is 16.1. The molecule has 0 bridgehead atoms. The number of carbonyl (C=O) groups is 2. The van der Waals surface area contributed by atoms with Gasteiger partial charge >= 0.3 is 0 Å². The van der Waals surface area contributed by atoms with Gasteiger partial charge in [-0.25, -0.2) is 0 Å². The van der Waals surface area contributed by atoms with E-state index in [2.05, 4.69) is 15.9 Å². The lowest BCUT2D eigenvalue weighted by atomic mass is 9.97. The van der Waals surface area contributed by atoms with Crippen molar-refractivity contribution in [1.82, 2.24) is 9.80 Å². The summed E-state index contributed by atoms with van der Waals surface area (Å²) in [6.07, 6.45) is 1.63. The quantitative estimate of drug-likeness (QED) is 0.859. The first-order valence-electron chi connectivity index (χ1n) is 7.46. The average molecular weight is 368 g/mol. The van der Waals surface area contributed by atoms with Crippen LogP contribution in [0.3, 0.4) is 0 Å². The third-order valence-corrected chi connectivity index (χ3v) is 4.48. The number of likely N-dealkylation sites (N-methyl/N-ethyl adjacent to an activating group) is 1. The molecule has 120 valence electrons. The number of rotatable bonds is 5. The summed E-state index contributed by atoms with van der Waals surface area (Å²) in [5.74, 6) is -0.444. The summed E-state index contributed by atoms with van der Waals surface area (Å²) < 4.78 is 1.04. The van der Waals surface area contributed by atoms with Gasteiger partial charge < -0.3 is 10.6 Å². The number of benzene rings is 1. The zero-order valence-corrected chi connectivity index (χ0v) is 14.4. The maximum atomic E-state index is 12.3. The summed E-state index contributed by atoms with van der Waals surface area (Å²) in [5.41, 5.74) is 6.51. The van der Waals surface area contributed by atoms with Crippen LogP contribution >= 0.6 is 15.9 Å². The number of primary amides is 1. The van der Waals surface area contributed by atoms with Gasteiger partial charge in [0.1, 0.15) is 0 Å². The fourth-order valence-electron chi connectivity index (χ4n) is 2.72. The Labute approximate surface area is 139 Å². The van der Waals surface area contributed by atoms with Crippen LogP contribution in [0, 0.1) is 5.92 Å². The normalized spacial score (nSPS) is 18.5. The summed E-state index contributed by atoms with van der Waals surface area (Å²) in [6.45, 7) is 2.24. The van der Waals surface area contributed by atoms with Crippen LogP contribution in [0.15, 0.2) is 28.7 Å². The Bertz CT molecular complexity index is 533. The molecule has 0 spiro atoms. The maximum absolute atomic E-state index is 12.3. The minimum Gasteiger partial charge on any atom is -0.369 e. The van der Waals surface area contributed by atoms with Gasteiger partial charge in [0.15, 0.2) is 0 Å². The molecule has 1 aromatic rings. The van der Waals surface area contributed by atoms with Gasteiger partial charge in [-0.3, -0.25) is 14.5 Å². The number of nitrogens with two attached hydrogens (primary N) is 1. The van der Waals surface area contributed by atoms with Gasteiger partial charge in [-0.15, -0.1) is 0 Å². The van der Waals surface area contributed by atoms with Crippen molar-refractivity contribution < 1.29 is 9.59 Å². The van der Waals surface area contributed by atoms with Crippen molar-refractivity contribution >= 4 is 27.7 Å². The van der Waals surface area contributed by atoms with Gasteiger partial charge in [0.25, 0.3) is 0 Å². The maximum Gasteiger partial charge on any atom is 0.236 e. The van der Waals surface area contributed by atoms with Crippen molar-refractivity contribution in [3.05, 3.63) is 34.3 Å². The van der Waals surface area contributed by atoms with Crippen molar-refractivity contribution in [3.8, 4) is 0 Å². The lowest BCUT2D eigenvalue weighted by molar-refractivity contribution is -0.135. The highest BCUT2D eigenvalue weighted by Crippen LogP contribution is 2.16. The minimum absolute atomic E-state index is 0.0607. The molecule has 0 aromatic heterocycles. The molecule has 5 nitrogen and oxygen atoms in total. The number of nitrogens with zero attached hydrogens (tertiary/aromatic N) is 2.